The highest BCUT2D eigenvalue weighted by atomic mass is 16.5. The van der Waals surface area contributed by atoms with E-state index in [0.717, 1.165) is 30.6 Å². The molecule has 1 aromatic rings. The molecule has 0 aromatic heterocycles. The summed E-state index contributed by atoms with van der Waals surface area (Å²) in [5.41, 5.74) is -0.610. The molecule has 2 aliphatic rings. The van der Waals surface area contributed by atoms with Crippen LogP contribution >= 0.6 is 0 Å². The highest BCUT2D eigenvalue weighted by Gasteiger charge is 2.49. The lowest BCUT2D eigenvalue weighted by Crippen LogP contribution is -2.42. The van der Waals surface area contributed by atoms with Gasteiger partial charge in [0, 0.05) is 13.1 Å². The molecule has 0 aliphatic carbocycles. The van der Waals surface area contributed by atoms with Crippen LogP contribution in [0.25, 0.3) is 0 Å². The standard InChI is InChI=1S/C20H25N3O5/c1-20(15-9-5-4-6-10-15)18(26)23(19(27)21-20)13-17(25)28-14-16(24)22-11-7-2-3-8-12-22/h4-6,9-10H,2-3,7-8,11-14H2,1H3,(H,21,27)/t20-/m1/s1. The van der Waals surface area contributed by atoms with E-state index in [9.17, 15) is 19.2 Å². The summed E-state index contributed by atoms with van der Waals surface area (Å²) in [5, 5.41) is 2.63. The molecule has 0 bridgehead atoms. The van der Waals surface area contributed by atoms with Crippen molar-refractivity contribution in [1.82, 2.24) is 15.1 Å². The van der Waals surface area contributed by atoms with Crippen LogP contribution in [0.3, 0.4) is 0 Å². The summed E-state index contributed by atoms with van der Waals surface area (Å²) in [6.45, 7) is 2.02. The van der Waals surface area contributed by atoms with Crippen molar-refractivity contribution < 1.29 is 23.9 Å². The fourth-order valence-corrected chi connectivity index (χ4v) is 3.54. The first kappa shape index (κ1) is 19.9. The predicted octanol–water partition coefficient (Wildman–Crippen LogP) is 1.40. The highest BCUT2D eigenvalue weighted by molar-refractivity contribution is 6.08. The zero-order valence-electron chi connectivity index (χ0n) is 16.0. The minimum atomic E-state index is -1.24. The Morgan fingerprint density at radius 2 is 1.71 bits per heavy atom. The third-order valence-corrected chi connectivity index (χ3v) is 5.23. The molecule has 1 aromatic carbocycles. The van der Waals surface area contributed by atoms with Crippen LogP contribution in [-0.4, -0.2) is 59.9 Å². The molecule has 4 amide bonds. The molecule has 8 heteroatoms. The second-order valence-electron chi connectivity index (χ2n) is 7.27. The maximum atomic E-state index is 12.8. The number of amides is 4. The molecule has 150 valence electrons. The van der Waals surface area contributed by atoms with Crippen molar-refractivity contribution >= 4 is 23.8 Å². The quantitative estimate of drug-likeness (QED) is 0.609. The van der Waals surface area contributed by atoms with Gasteiger partial charge in [-0.1, -0.05) is 43.2 Å². The molecule has 0 spiro atoms. The molecule has 2 aliphatic heterocycles. The number of hydrogen-bond acceptors (Lipinski definition) is 5. The van der Waals surface area contributed by atoms with E-state index in [1.165, 1.54) is 0 Å². The number of esters is 1. The summed E-state index contributed by atoms with van der Waals surface area (Å²) in [4.78, 5) is 51.8. The topological polar surface area (TPSA) is 96.0 Å². The van der Waals surface area contributed by atoms with E-state index in [4.69, 9.17) is 4.74 Å². The summed E-state index contributed by atoms with van der Waals surface area (Å²) in [7, 11) is 0. The lowest BCUT2D eigenvalue weighted by molar-refractivity contribution is -0.153. The van der Waals surface area contributed by atoms with Crippen molar-refractivity contribution in [3.63, 3.8) is 0 Å². The average Bonchev–Trinajstić information content (AvgIpc) is 2.91. The summed E-state index contributed by atoms with van der Waals surface area (Å²) in [5.74, 6) is -1.56. The maximum Gasteiger partial charge on any atom is 0.326 e. The Bertz CT molecular complexity index is 758. The normalized spacial score (nSPS) is 22.6. The van der Waals surface area contributed by atoms with Crippen molar-refractivity contribution in [3.8, 4) is 0 Å². The third kappa shape index (κ3) is 4.16. The van der Waals surface area contributed by atoms with Gasteiger partial charge < -0.3 is 15.0 Å². The van der Waals surface area contributed by atoms with Crippen LogP contribution in [0.2, 0.25) is 0 Å². The molecular weight excluding hydrogens is 362 g/mol. The van der Waals surface area contributed by atoms with Gasteiger partial charge in [0.1, 0.15) is 12.1 Å². The smallest absolute Gasteiger partial charge is 0.326 e. The zero-order valence-corrected chi connectivity index (χ0v) is 16.0. The first-order valence-electron chi connectivity index (χ1n) is 9.55. The first-order valence-corrected chi connectivity index (χ1v) is 9.55. The minimum absolute atomic E-state index is 0.249. The van der Waals surface area contributed by atoms with Gasteiger partial charge in [0.2, 0.25) is 0 Å². The molecule has 3 rings (SSSR count). The van der Waals surface area contributed by atoms with Gasteiger partial charge in [0.15, 0.2) is 6.61 Å². The van der Waals surface area contributed by atoms with Crippen molar-refractivity contribution in [2.45, 2.75) is 38.1 Å². The summed E-state index contributed by atoms with van der Waals surface area (Å²) in [6, 6.07) is 8.16. The van der Waals surface area contributed by atoms with E-state index < -0.39 is 30.0 Å². The number of imide groups is 1. The minimum Gasteiger partial charge on any atom is -0.454 e. The lowest BCUT2D eigenvalue weighted by Gasteiger charge is -2.22. The third-order valence-electron chi connectivity index (χ3n) is 5.23. The van der Waals surface area contributed by atoms with Gasteiger partial charge in [-0.2, -0.15) is 0 Å². The SMILES string of the molecule is C[C@]1(c2ccccc2)NC(=O)N(CC(=O)OCC(=O)N2CCCCCC2)C1=O. The number of hydrogen-bond donors (Lipinski definition) is 1. The number of rotatable bonds is 5. The van der Waals surface area contributed by atoms with Crippen LogP contribution in [0.1, 0.15) is 38.2 Å². The van der Waals surface area contributed by atoms with Crippen molar-refractivity contribution in [2.24, 2.45) is 0 Å². The number of carbonyl (C=O) groups is 4. The van der Waals surface area contributed by atoms with Gasteiger partial charge >= 0.3 is 12.0 Å². The Labute approximate surface area is 163 Å². The molecule has 2 heterocycles. The highest BCUT2D eigenvalue weighted by Crippen LogP contribution is 2.28. The number of likely N-dealkylation sites (tertiary alicyclic amines) is 1. The number of nitrogens with one attached hydrogen (secondary N) is 1. The predicted molar refractivity (Wildman–Crippen MR) is 100 cm³/mol. The molecule has 1 atom stereocenters. The number of urea groups is 1. The monoisotopic (exact) mass is 387 g/mol. The zero-order chi connectivity index (χ0) is 20.1. The van der Waals surface area contributed by atoms with Gasteiger partial charge in [-0.3, -0.25) is 19.3 Å². The van der Waals surface area contributed by atoms with Gasteiger partial charge in [-0.15, -0.1) is 0 Å². The van der Waals surface area contributed by atoms with E-state index in [1.54, 1.807) is 36.1 Å². The number of ether oxygens (including phenoxy) is 1. The molecule has 2 saturated heterocycles. The average molecular weight is 387 g/mol. The Morgan fingerprint density at radius 1 is 1.07 bits per heavy atom. The molecule has 2 fully saturated rings. The van der Waals surface area contributed by atoms with E-state index in [1.807, 2.05) is 6.07 Å². The molecule has 1 N–H and O–H groups in total. The summed E-state index contributed by atoms with van der Waals surface area (Å²) in [6.07, 6.45) is 4.08. The van der Waals surface area contributed by atoms with Gasteiger partial charge in [0.25, 0.3) is 11.8 Å². The number of nitrogens with zero attached hydrogens (tertiary/aromatic N) is 2. The van der Waals surface area contributed by atoms with E-state index >= 15 is 0 Å². The van der Waals surface area contributed by atoms with Crippen molar-refractivity contribution in [1.29, 1.82) is 0 Å². The fourth-order valence-electron chi connectivity index (χ4n) is 3.54. The molecular formula is C20H25N3O5. The largest absolute Gasteiger partial charge is 0.454 e. The van der Waals surface area contributed by atoms with Crippen LogP contribution in [0.5, 0.6) is 0 Å². The lowest BCUT2D eigenvalue weighted by atomic mass is 9.92. The van der Waals surface area contributed by atoms with Gasteiger partial charge in [-0.25, -0.2) is 4.79 Å². The fraction of sp³-hybridized carbons (Fsp3) is 0.500. The Balaban J connectivity index is 1.56. The van der Waals surface area contributed by atoms with Crippen LogP contribution in [0, 0.1) is 0 Å². The first-order chi connectivity index (χ1) is 13.4. The van der Waals surface area contributed by atoms with Crippen LogP contribution in [-0.2, 0) is 24.7 Å². The number of benzene rings is 1. The Kier molecular flexibility index (Phi) is 5.96. The van der Waals surface area contributed by atoms with E-state index in [2.05, 4.69) is 5.32 Å². The molecule has 0 saturated carbocycles. The van der Waals surface area contributed by atoms with Gasteiger partial charge in [-0.05, 0) is 25.3 Å². The van der Waals surface area contributed by atoms with E-state index in [-0.39, 0.29) is 12.5 Å². The molecule has 8 nitrogen and oxygen atoms in total. The molecule has 0 radical (unpaired) electrons. The second-order valence-corrected chi connectivity index (χ2v) is 7.27. The summed E-state index contributed by atoms with van der Waals surface area (Å²) >= 11 is 0. The maximum absolute atomic E-state index is 12.8. The van der Waals surface area contributed by atoms with Crippen molar-refractivity contribution in [3.05, 3.63) is 35.9 Å². The van der Waals surface area contributed by atoms with Crippen molar-refractivity contribution in [2.75, 3.05) is 26.2 Å². The van der Waals surface area contributed by atoms with Crippen LogP contribution < -0.4 is 5.32 Å². The van der Waals surface area contributed by atoms with Crippen LogP contribution in [0.4, 0.5) is 4.79 Å². The Hall–Kier alpha value is -2.90. The summed E-state index contributed by atoms with van der Waals surface area (Å²) < 4.78 is 5.03. The second kappa shape index (κ2) is 8.41. The molecule has 28 heavy (non-hydrogen) atoms. The number of carbonyl (C=O) groups excluding carboxylic acids is 4. The van der Waals surface area contributed by atoms with Crippen LogP contribution in [0.15, 0.2) is 30.3 Å². The van der Waals surface area contributed by atoms with Gasteiger partial charge in [0.05, 0.1) is 0 Å². The van der Waals surface area contributed by atoms with E-state index in [0.29, 0.717) is 18.7 Å². The Morgan fingerprint density at radius 3 is 2.36 bits per heavy atom. The molecule has 0 unspecified atom stereocenters.